The number of rotatable bonds is 1. The highest BCUT2D eigenvalue weighted by Crippen LogP contribution is 2.35. The van der Waals surface area contributed by atoms with Gasteiger partial charge in [0, 0.05) is 17.6 Å². The Hall–Kier alpha value is -1.07. The molecule has 1 aliphatic carbocycles. The second-order valence-corrected chi connectivity index (χ2v) is 5.80. The summed E-state index contributed by atoms with van der Waals surface area (Å²) in [4.78, 5) is 14.0. The molecule has 0 bridgehead atoms. The van der Waals surface area contributed by atoms with Crippen molar-refractivity contribution >= 4 is 22.0 Å². The van der Waals surface area contributed by atoms with Crippen molar-refractivity contribution in [2.45, 2.75) is 18.9 Å². The SMILES string of the molecule is O=C(NC1CCc2c(Br)cccc21)N1CCOCC1. The number of hydrogen-bond donors (Lipinski definition) is 1. The average molecular weight is 325 g/mol. The quantitative estimate of drug-likeness (QED) is 0.862. The highest BCUT2D eigenvalue weighted by molar-refractivity contribution is 9.10. The third-order valence-electron chi connectivity index (χ3n) is 3.81. The van der Waals surface area contributed by atoms with Gasteiger partial charge in [-0.3, -0.25) is 0 Å². The largest absolute Gasteiger partial charge is 0.378 e. The van der Waals surface area contributed by atoms with Gasteiger partial charge < -0.3 is 15.0 Å². The first-order chi connectivity index (χ1) is 9.25. The lowest BCUT2D eigenvalue weighted by Crippen LogP contribution is -2.46. The zero-order valence-corrected chi connectivity index (χ0v) is 12.3. The molecule has 3 rings (SSSR count). The summed E-state index contributed by atoms with van der Waals surface area (Å²) >= 11 is 3.58. The summed E-state index contributed by atoms with van der Waals surface area (Å²) in [6.45, 7) is 2.65. The van der Waals surface area contributed by atoms with Crippen molar-refractivity contribution < 1.29 is 9.53 Å². The van der Waals surface area contributed by atoms with Crippen molar-refractivity contribution in [2.24, 2.45) is 0 Å². The molecule has 0 saturated carbocycles. The van der Waals surface area contributed by atoms with Crippen LogP contribution in [0.3, 0.4) is 0 Å². The molecular formula is C14H17BrN2O2. The molecule has 1 heterocycles. The van der Waals surface area contributed by atoms with Crippen LogP contribution in [0.1, 0.15) is 23.6 Å². The second kappa shape index (κ2) is 5.51. The van der Waals surface area contributed by atoms with Crippen LogP contribution >= 0.6 is 15.9 Å². The fraction of sp³-hybridized carbons (Fsp3) is 0.500. The first-order valence-corrected chi connectivity index (χ1v) is 7.45. The molecule has 102 valence electrons. The van der Waals surface area contributed by atoms with E-state index in [1.165, 1.54) is 11.1 Å². The monoisotopic (exact) mass is 324 g/mol. The fourth-order valence-electron chi connectivity index (χ4n) is 2.77. The topological polar surface area (TPSA) is 41.6 Å². The van der Waals surface area contributed by atoms with E-state index < -0.39 is 0 Å². The predicted octanol–water partition coefficient (Wildman–Crippen LogP) is 2.48. The minimum atomic E-state index is 0.0288. The number of carbonyl (C=O) groups excluding carboxylic acids is 1. The van der Waals surface area contributed by atoms with Gasteiger partial charge >= 0.3 is 6.03 Å². The van der Waals surface area contributed by atoms with E-state index in [1.54, 1.807) is 0 Å². The molecule has 1 atom stereocenters. The Bertz CT molecular complexity index is 486. The highest BCUT2D eigenvalue weighted by Gasteiger charge is 2.27. The van der Waals surface area contributed by atoms with Crippen molar-refractivity contribution in [3.63, 3.8) is 0 Å². The van der Waals surface area contributed by atoms with Gasteiger partial charge in [0.25, 0.3) is 0 Å². The van der Waals surface area contributed by atoms with E-state index in [2.05, 4.69) is 33.4 Å². The summed E-state index contributed by atoms with van der Waals surface area (Å²) in [6.07, 6.45) is 2.00. The van der Waals surface area contributed by atoms with Crippen LogP contribution in [0.5, 0.6) is 0 Å². The number of morpholine rings is 1. The predicted molar refractivity (Wildman–Crippen MR) is 76.1 cm³/mol. The summed E-state index contributed by atoms with van der Waals surface area (Å²) in [5.74, 6) is 0. The standard InChI is InChI=1S/C14H17BrN2O2/c15-12-3-1-2-11-10(12)4-5-13(11)16-14(18)17-6-8-19-9-7-17/h1-3,13H,4-9H2,(H,16,18). The first-order valence-electron chi connectivity index (χ1n) is 6.66. The van der Waals surface area contributed by atoms with Crippen LogP contribution in [0.4, 0.5) is 4.79 Å². The van der Waals surface area contributed by atoms with Crippen LogP contribution in [0.15, 0.2) is 22.7 Å². The minimum Gasteiger partial charge on any atom is -0.378 e. The molecule has 1 fully saturated rings. The van der Waals surface area contributed by atoms with Crippen LogP contribution in [0.2, 0.25) is 0 Å². The molecule has 19 heavy (non-hydrogen) atoms. The number of ether oxygens (including phenoxy) is 1. The van der Waals surface area contributed by atoms with Gasteiger partial charge in [-0.1, -0.05) is 28.1 Å². The normalized spacial score (nSPS) is 22.2. The lowest BCUT2D eigenvalue weighted by Gasteiger charge is -2.28. The Balaban J connectivity index is 1.69. The van der Waals surface area contributed by atoms with E-state index in [9.17, 15) is 4.79 Å². The first kappa shape index (κ1) is 12.9. The van der Waals surface area contributed by atoms with Gasteiger partial charge in [0.2, 0.25) is 0 Å². The number of urea groups is 1. The van der Waals surface area contributed by atoms with Gasteiger partial charge in [-0.25, -0.2) is 4.79 Å². The molecule has 2 aliphatic rings. The Kier molecular flexibility index (Phi) is 3.75. The lowest BCUT2D eigenvalue weighted by atomic mass is 10.1. The molecule has 1 saturated heterocycles. The number of carbonyl (C=O) groups is 1. The number of halogens is 1. The smallest absolute Gasteiger partial charge is 0.318 e. The summed E-state index contributed by atoms with van der Waals surface area (Å²) in [6, 6.07) is 6.37. The average Bonchev–Trinajstić information content (AvgIpc) is 2.84. The number of amides is 2. The van der Waals surface area contributed by atoms with Gasteiger partial charge in [0.1, 0.15) is 0 Å². The molecule has 4 nitrogen and oxygen atoms in total. The third-order valence-corrected chi connectivity index (χ3v) is 4.55. The molecule has 0 radical (unpaired) electrons. The maximum atomic E-state index is 12.2. The van der Waals surface area contributed by atoms with Gasteiger partial charge in [0.05, 0.1) is 19.3 Å². The number of hydrogen-bond acceptors (Lipinski definition) is 2. The lowest BCUT2D eigenvalue weighted by molar-refractivity contribution is 0.0525. The second-order valence-electron chi connectivity index (χ2n) is 4.95. The minimum absolute atomic E-state index is 0.0288. The molecule has 1 aromatic carbocycles. The zero-order valence-electron chi connectivity index (χ0n) is 10.7. The van der Waals surface area contributed by atoms with Crippen molar-refractivity contribution in [1.82, 2.24) is 10.2 Å². The van der Waals surface area contributed by atoms with E-state index in [4.69, 9.17) is 4.74 Å². The van der Waals surface area contributed by atoms with Gasteiger partial charge in [-0.05, 0) is 30.0 Å². The van der Waals surface area contributed by atoms with Crippen LogP contribution in [-0.2, 0) is 11.2 Å². The van der Waals surface area contributed by atoms with E-state index in [-0.39, 0.29) is 12.1 Å². The van der Waals surface area contributed by atoms with Crippen molar-refractivity contribution in [3.8, 4) is 0 Å². The summed E-state index contributed by atoms with van der Waals surface area (Å²) in [7, 11) is 0. The van der Waals surface area contributed by atoms with Crippen LogP contribution < -0.4 is 5.32 Å². The van der Waals surface area contributed by atoms with E-state index in [0.29, 0.717) is 26.3 Å². The Morgan fingerprint density at radius 3 is 2.95 bits per heavy atom. The van der Waals surface area contributed by atoms with Gasteiger partial charge in [-0.15, -0.1) is 0 Å². The number of fused-ring (bicyclic) bond motifs is 1. The van der Waals surface area contributed by atoms with E-state index >= 15 is 0 Å². The molecule has 0 aromatic heterocycles. The molecular weight excluding hydrogens is 308 g/mol. The fourth-order valence-corrected chi connectivity index (χ4v) is 3.35. The molecule has 1 aliphatic heterocycles. The van der Waals surface area contributed by atoms with Crippen LogP contribution in [0.25, 0.3) is 0 Å². The van der Waals surface area contributed by atoms with Gasteiger partial charge in [0.15, 0.2) is 0 Å². The highest BCUT2D eigenvalue weighted by atomic mass is 79.9. The number of benzene rings is 1. The maximum Gasteiger partial charge on any atom is 0.318 e. The third kappa shape index (κ3) is 2.62. The number of nitrogens with zero attached hydrogens (tertiary/aromatic N) is 1. The molecule has 0 spiro atoms. The summed E-state index contributed by atoms with van der Waals surface area (Å²) in [5, 5.41) is 3.14. The van der Waals surface area contributed by atoms with Gasteiger partial charge in [-0.2, -0.15) is 0 Å². The summed E-state index contributed by atoms with van der Waals surface area (Å²) < 4.78 is 6.41. The Morgan fingerprint density at radius 1 is 1.37 bits per heavy atom. The van der Waals surface area contributed by atoms with E-state index in [1.807, 2.05) is 11.0 Å². The zero-order chi connectivity index (χ0) is 13.2. The summed E-state index contributed by atoms with van der Waals surface area (Å²) in [5.41, 5.74) is 2.57. The maximum absolute atomic E-state index is 12.2. The van der Waals surface area contributed by atoms with Crippen molar-refractivity contribution in [3.05, 3.63) is 33.8 Å². The molecule has 1 N–H and O–H groups in total. The Labute approximate surface area is 121 Å². The van der Waals surface area contributed by atoms with Crippen molar-refractivity contribution in [2.75, 3.05) is 26.3 Å². The number of nitrogens with one attached hydrogen (secondary N) is 1. The Morgan fingerprint density at radius 2 is 2.16 bits per heavy atom. The van der Waals surface area contributed by atoms with Crippen molar-refractivity contribution in [1.29, 1.82) is 0 Å². The molecule has 2 amide bonds. The van der Waals surface area contributed by atoms with Crippen LogP contribution in [0, 0.1) is 0 Å². The molecule has 5 heteroatoms. The molecule has 1 unspecified atom stereocenters. The molecule has 1 aromatic rings. The van der Waals surface area contributed by atoms with E-state index in [0.717, 1.165) is 17.3 Å². The van der Waals surface area contributed by atoms with Crippen LogP contribution in [-0.4, -0.2) is 37.2 Å².